The third-order valence-corrected chi connectivity index (χ3v) is 4.54. The molecule has 6 heteroatoms. The van der Waals surface area contributed by atoms with Gasteiger partial charge < -0.3 is 19.5 Å². The number of carbonyl (C=O) groups excluding carboxylic acids is 1. The molecule has 5 nitrogen and oxygen atoms in total. The molecule has 2 aromatic carbocycles. The van der Waals surface area contributed by atoms with Gasteiger partial charge in [0.15, 0.2) is 11.5 Å². The van der Waals surface area contributed by atoms with Crippen LogP contribution in [0.2, 0.25) is 0 Å². The van der Waals surface area contributed by atoms with Gasteiger partial charge in [-0.3, -0.25) is 4.79 Å². The van der Waals surface area contributed by atoms with Crippen LogP contribution >= 0.6 is 22.6 Å². The SMILES string of the molecule is COc1ccc(CCC(=O)Nc2ccc(I)cc2C)c(OC)c1OC. The predicted octanol–water partition coefficient (Wildman–Crippen LogP) is 4.20. The summed E-state index contributed by atoms with van der Waals surface area (Å²) < 4.78 is 17.3. The second-order valence-electron chi connectivity index (χ2n) is 5.50. The number of ether oxygens (including phenoxy) is 3. The van der Waals surface area contributed by atoms with Crippen LogP contribution < -0.4 is 19.5 Å². The maximum Gasteiger partial charge on any atom is 0.224 e. The van der Waals surface area contributed by atoms with Crippen molar-refractivity contribution in [2.45, 2.75) is 19.8 Å². The zero-order valence-electron chi connectivity index (χ0n) is 14.8. The van der Waals surface area contributed by atoms with Crippen LogP contribution in [-0.4, -0.2) is 27.2 Å². The van der Waals surface area contributed by atoms with Gasteiger partial charge in [-0.05, 0) is 71.3 Å². The molecule has 0 fully saturated rings. The number of nitrogens with one attached hydrogen (secondary N) is 1. The lowest BCUT2D eigenvalue weighted by Gasteiger charge is -2.15. The van der Waals surface area contributed by atoms with E-state index in [9.17, 15) is 4.79 Å². The molecule has 1 N–H and O–H groups in total. The first-order valence-corrected chi connectivity index (χ1v) is 8.91. The van der Waals surface area contributed by atoms with Gasteiger partial charge >= 0.3 is 0 Å². The highest BCUT2D eigenvalue weighted by atomic mass is 127. The number of benzene rings is 2. The Labute approximate surface area is 161 Å². The van der Waals surface area contributed by atoms with Gasteiger partial charge in [0.1, 0.15) is 0 Å². The number of halogens is 1. The second-order valence-corrected chi connectivity index (χ2v) is 6.75. The summed E-state index contributed by atoms with van der Waals surface area (Å²) in [6.07, 6.45) is 0.885. The Morgan fingerprint density at radius 3 is 2.36 bits per heavy atom. The third-order valence-electron chi connectivity index (χ3n) is 3.87. The van der Waals surface area contributed by atoms with E-state index in [1.807, 2.05) is 37.3 Å². The Bertz CT molecular complexity index is 761. The fraction of sp³-hybridized carbons (Fsp3) is 0.316. The fourth-order valence-electron chi connectivity index (χ4n) is 2.59. The summed E-state index contributed by atoms with van der Waals surface area (Å²) >= 11 is 2.25. The summed E-state index contributed by atoms with van der Waals surface area (Å²) in [7, 11) is 4.72. The van der Waals surface area contributed by atoms with Crippen LogP contribution in [0.3, 0.4) is 0 Å². The summed E-state index contributed by atoms with van der Waals surface area (Å²) in [5.74, 6) is 1.69. The molecule has 0 unspecified atom stereocenters. The predicted molar refractivity (Wildman–Crippen MR) is 107 cm³/mol. The summed E-state index contributed by atoms with van der Waals surface area (Å²) in [6.45, 7) is 1.98. The number of rotatable bonds is 7. The molecule has 134 valence electrons. The molecule has 2 rings (SSSR count). The first kappa shape index (κ1) is 19.4. The van der Waals surface area contributed by atoms with Gasteiger partial charge in [-0.15, -0.1) is 0 Å². The molecule has 2 aromatic rings. The molecule has 1 amide bonds. The first-order chi connectivity index (χ1) is 12.0. The molecule has 25 heavy (non-hydrogen) atoms. The monoisotopic (exact) mass is 455 g/mol. The van der Waals surface area contributed by atoms with Crippen molar-refractivity contribution < 1.29 is 19.0 Å². The van der Waals surface area contributed by atoms with E-state index in [4.69, 9.17) is 14.2 Å². The molecule has 0 aliphatic rings. The molecule has 0 aliphatic heterocycles. The average molecular weight is 455 g/mol. The number of hydrogen-bond acceptors (Lipinski definition) is 4. The smallest absolute Gasteiger partial charge is 0.224 e. The standard InChI is InChI=1S/C19H22INO4/c1-12-11-14(20)7-8-15(12)21-17(22)10-6-13-5-9-16(23-2)19(25-4)18(13)24-3/h5,7-9,11H,6,10H2,1-4H3,(H,21,22). The maximum absolute atomic E-state index is 12.3. The highest BCUT2D eigenvalue weighted by Crippen LogP contribution is 2.40. The van der Waals surface area contributed by atoms with E-state index in [0.717, 1.165) is 20.4 Å². The molecular formula is C19H22INO4. The quantitative estimate of drug-likeness (QED) is 0.637. The minimum atomic E-state index is -0.0406. The molecule has 0 spiro atoms. The minimum Gasteiger partial charge on any atom is -0.493 e. The number of carbonyl (C=O) groups is 1. The summed E-state index contributed by atoms with van der Waals surface area (Å²) in [5, 5.41) is 2.96. The maximum atomic E-state index is 12.3. The number of methoxy groups -OCH3 is 3. The number of anilines is 1. The normalized spacial score (nSPS) is 10.3. The van der Waals surface area contributed by atoms with Gasteiger partial charge in [0.05, 0.1) is 21.3 Å². The Morgan fingerprint density at radius 2 is 1.76 bits per heavy atom. The zero-order valence-corrected chi connectivity index (χ0v) is 17.0. The summed E-state index contributed by atoms with van der Waals surface area (Å²) in [4.78, 5) is 12.3. The average Bonchev–Trinajstić information content (AvgIpc) is 2.61. The lowest BCUT2D eigenvalue weighted by Crippen LogP contribution is -2.13. The van der Waals surface area contributed by atoms with Crippen molar-refractivity contribution in [2.24, 2.45) is 0 Å². The topological polar surface area (TPSA) is 56.8 Å². The number of amides is 1. The van der Waals surface area contributed by atoms with E-state index in [0.29, 0.717) is 30.1 Å². The Hall–Kier alpha value is -1.96. The van der Waals surface area contributed by atoms with Gasteiger partial charge in [-0.2, -0.15) is 0 Å². The van der Waals surface area contributed by atoms with Crippen molar-refractivity contribution in [2.75, 3.05) is 26.6 Å². The first-order valence-electron chi connectivity index (χ1n) is 7.84. The van der Waals surface area contributed by atoms with E-state index >= 15 is 0 Å². The lowest BCUT2D eigenvalue weighted by atomic mass is 10.1. The van der Waals surface area contributed by atoms with Crippen LogP contribution in [0.15, 0.2) is 30.3 Å². The van der Waals surface area contributed by atoms with E-state index in [1.165, 1.54) is 0 Å². The van der Waals surface area contributed by atoms with Crippen molar-refractivity contribution in [1.82, 2.24) is 0 Å². The van der Waals surface area contributed by atoms with Crippen LogP contribution in [0.25, 0.3) is 0 Å². The highest BCUT2D eigenvalue weighted by Gasteiger charge is 2.16. The largest absolute Gasteiger partial charge is 0.493 e. The second kappa shape index (κ2) is 8.94. The molecular weight excluding hydrogens is 433 g/mol. The molecule has 0 aromatic heterocycles. The minimum absolute atomic E-state index is 0.0406. The van der Waals surface area contributed by atoms with Gasteiger partial charge in [0, 0.05) is 15.7 Å². The van der Waals surface area contributed by atoms with E-state index in [1.54, 1.807) is 21.3 Å². The molecule has 0 saturated heterocycles. The highest BCUT2D eigenvalue weighted by molar-refractivity contribution is 14.1. The van der Waals surface area contributed by atoms with Crippen molar-refractivity contribution in [3.63, 3.8) is 0 Å². The molecule has 0 radical (unpaired) electrons. The summed E-state index contributed by atoms with van der Waals surface area (Å²) in [6, 6.07) is 9.64. The van der Waals surface area contributed by atoms with Crippen LogP contribution in [-0.2, 0) is 11.2 Å². The van der Waals surface area contributed by atoms with Crippen LogP contribution in [0, 0.1) is 10.5 Å². The van der Waals surface area contributed by atoms with E-state index < -0.39 is 0 Å². The van der Waals surface area contributed by atoms with Crippen molar-refractivity contribution in [3.8, 4) is 17.2 Å². The molecule has 0 saturated carbocycles. The van der Waals surface area contributed by atoms with Gasteiger partial charge in [-0.1, -0.05) is 6.07 Å². The number of aryl methyl sites for hydroxylation is 2. The molecule has 0 bridgehead atoms. The zero-order chi connectivity index (χ0) is 18.4. The van der Waals surface area contributed by atoms with Crippen molar-refractivity contribution >= 4 is 34.2 Å². The Morgan fingerprint density at radius 1 is 1.04 bits per heavy atom. The van der Waals surface area contributed by atoms with Crippen LogP contribution in [0.1, 0.15) is 17.5 Å². The number of hydrogen-bond donors (Lipinski definition) is 1. The fourth-order valence-corrected chi connectivity index (χ4v) is 3.24. The molecule has 0 aliphatic carbocycles. The lowest BCUT2D eigenvalue weighted by molar-refractivity contribution is -0.116. The van der Waals surface area contributed by atoms with Gasteiger partial charge in [0.25, 0.3) is 0 Å². The molecule has 0 heterocycles. The van der Waals surface area contributed by atoms with Crippen molar-refractivity contribution in [3.05, 3.63) is 45.0 Å². The van der Waals surface area contributed by atoms with Gasteiger partial charge in [-0.25, -0.2) is 0 Å². The van der Waals surface area contributed by atoms with Crippen molar-refractivity contribution in [1.29, 1.82) is 0 Å². The van der Waals surface area contributed by atoms with Crippen LogP contribution in [0.4, 0.5) is 5.69 Å². The molecule has 0 atom stereocenters. The Balaban J connectivity index is 2.09. The van der Waals surface area contributed by atoms with E-state index in [2.05, 4.69) is 27.9 Å². The third kappa shape index (κ3) is 4.78. The van der Waals surface area contributed by atoms with E-state index in [-0.39, 0.29) is 5.91 Å². The van der Waals surface area contributed by atoms with Gasteiger partial charge in [0.2, 0.25) is 11.7 Å². The summed E-state index contributed by atoms with van der Waals surface area (Å²) in [5.41, 5.74) is 2.78. The van der Waals surface area contributed by atoms with Crippen LogP contribution in [0.5, 0.6) is 17.2 Å². The Kier molecular flexibility index (Phi) is 6.92.